The molecule has 104 valence electrons. The fourth-order valence-electron chi connectivity index (χ4n) is 2.15. The van der Waals surface area contributed by atoms with Crippen molar-refractivity contribution in [2.45, 2.75) is 19.3 Å². The Kier molecular flexibility index (Phi) is 5.19. The summed E-state index contributed by atoms with van der Waals surface area (Å²) in [5.41, 5.74) is 3.30. The second-order valence-electron chi connectivity index (χ2n) is 4.76. The number of hydrogen-bond donors (Lipinski definition) is 0. The number of hydrogen-bond acceptors (Lipinski definition) is 2. The Hall–Kier alpha value is -1.80. The Labute approximate surface area is 124 Å². The molecule has 2 aromatic rings. The average Bonchev–Trinajstić information content (AvgIpc) is 2.48. The van der Waals surface area contributed by atoms with E-state index in [1.54, 1.807) is 0 Å². The van der Waals surface area contributed by atoms with E-state index in [2.05, 4.69) is 13.0 Å². The van der Waals surface area contributed by atoms with Crippen molar-refractivity contribution < 1.29 is 9.53 Å². The number of carbonyl (C=O) groups is 1. The first-order valence-electron chi connectivity index (χ1n) is 6.62. The molecule has 20 heavy (non-hydrogen) atoms. The number of carbonyl (C=O) groups excluding carboxylic acids is 1. The van der Waals surface area contributed by atoms with Gasteiger partial charge in [0.1, 0.15) is 0 Å². The lowest BCUT2D eigenvalue weighted by Gasteiger charge is -2.13. The Morgan fingerprint density at radius 3 is 2.60 bits per heavy atom. The van der Waals surface area contributed by atoms with E-state index in [-0.39, 0.29) is 0 Å². The Bertz CT molecular complexity index is 566. The molecule has 0 aliphatic heterocycles. The maximum Gasteiger partial charge on any atom is 0.293 e. The topological polar surface area (TPSA) is 26.3 Å². The van der Waals surface area contributed by atoms with Crippen molar-refractivity contribution >= 4 is 18.1 Å². The van der Waals surface area contributed by atoms with Crippen LogP contribution in [0.4, 0.5) is 0 Å². The quantitative estimate of drug-likeness (QED) is 0.570. The van der Waals surface area contributed by atoms with E-state index < -0.39 is 0 Å². The normalized spacial score (nSPS) is 11.9. The van der Waals surface area contributed by atoms with Crippen molar-refractivity contribution in [1.29, 1.82) is 0 Å². The molecule has 0 radical (unpaired) electrons. The maximum atomic E-state index is 10.1. The largest absolute Gasteiger partial charge is 0.468 e. The minimum atomic E-state index is 0.303. The van der Waals surface area contributed by atoms with E-state index in [0.717, 1.165) is 28.1 Å². The molecule has 0 aromatic heterocycles. The Morgan fingerprint density at radius 2 is 1.95 bits per heavy atom. The van der Waals surface area contributed by atoms with Gasteiger partial charge in [0.15, 0.2) is 0 Å². The van der Waals surface area contributed by atoms with Crippen LogP contribution in [0, 0.1) is 0 Å². The second-order valence-corrected chi connectivity index (χ2v) is 5.17. The third kappa shape index (κ3) is 3.61. The molecule has 2 nitrogen and oxygen atoms in total. The zero-order valence-electron chi connectivity index (χ0n) is 11.4. The van der Waals surface area contributed by atoms with Crippen molar-refractivity contribution in [3.05, 3.63) is 59.1 Å². The highest BCUT2D eigenvalue weighted by molar-refractivity contribution is 6.33. The predicted octanol–water partition coefficient (Wildman–Crippen LogP) is 4.67. The summed E-state index contributed by atoms with van der Waals surface area (Å²) in [7, 11) is 0. The molecule has 0 bridgehead atoms. The van der Waals surface area contributed by atoms with E-state index >= 15 is 0 Å². The molecular formula is C17H17ClO2. The summed E-state index contributed by atoms with van der Waals surface area (Å²) in [5, 5.41) is 0.747. The van der Waals surface area contributed by atoms with Crippen LogP contribution in [0.5, 0.6) is 0 Å². The second kappa shape index (κ2) is 7.11. The number of ether oxygens (including phenoxy) is 1. The molecule has 0 N–H and O–H groups in total. The summed E-state index contributed by atoms with van der Waals surface area (Å²) in [6.45, 7) is 3.02. The zero-order chi connectivity index (χ0) is 14.4. The van der Waals surface area contributed by atoms with Gasteiger partial charge in [-0.25, -0.2) is 0 Å². The van der Waals surface area contributed by atoms with Gasteiger partial charge in [0.05, 0.1) is 6.61 Å². The Balaban J connectivity index is 2.15. The van der Waals surface area contributed by atoms with Crippen molar-refractivity contribution in [3.8, 4) is 11.1 Å². The van der Waals surface area contributed by atoms with E-state index in [4.69, 9.17) is 16.3 Å². The molecule has 0 fully saturated rings. The van der Waals surface area contributed by atoms with Crippen LogP contribution < -0.4 is 0 Å². The van der Waals surface area contributed by atoms with Gasteiger partial charge >= 0.3 is 0 Å². The first-order chi connectivity index (χ1) is 9.72. The maximum absolute atomic E-state index is 10.1. The summed E-state index contributed by atoms with van der Waals surface area (Å²) in [6, 6.07) is 16.2. The SMILES string of the molecule is CC(CCOC=O)c1ccc(-c2ccccc2)c(Cl)c1. The van der Waals surface area contributed by atoms with Gasteiger partial charge in [-0.1, -0.05) is 61.0 Å². The summed E-state index contributed by atoms with van der Waals surface area (Å²) >= 11 is 6.38. The molecule has 0 heterocycles. The molecule has 0 spiro atoms. The predicted molar refractivity (Wildman–Crippen MR) is 81.9 cm³/mol. The summed E-state index contributed by atoms with van der Waals surface area (Å²) < 4.78 is 4.74. The van der Waals surface area contributed by atoms with Gasteiger partial charge in [-0.3, -0.25) is 4.79 Å². The van der Waals surface area contributed by atoms with Crippen LogP contribution in [-0.2, 0) is 9.53 Å². The van der Waals surface area contributed by atoms with E-state index in [9.17, 15) is 4.79 Å². The van der Waals surface area contributed by atoms with Crippen LogP contribution in [0.25, 0.3) is 11.1 Å². The van der Waals surface area contributed by atoms with Gasteiger partial charge in [0.25, 0.3) is 6.47 Å². The highest BCUT2D eigenvalue weighted by Crippen LogP contribution is 2.31. The molecule has 0 saturated carbocycles. The van der Waals surface area contributed by atoms with Gasteiger partial charge in [-0.05, 0) is 29.5 Å². The monoisotopic (exact) mass is 288 g/mol. The van der Waals surface area contributed by atoms with Gasteiger partial charge in [-0.2, -0.15) is 0 Å². The fourth-order valence-corrected chi connectivity index (χ4v) is 2.45. The van der Waals surface area contributed by atoms with Crippen LogP contribution in [-0.4, -0.2) is 13.1 Å². The van der Waals surface area contributed by atoms with E-state index in [1.165, 1.54) is 0 Å². The zero-order valence-corrected chi connectivity index (χ0v) is 12.1. The van der Waals surface area contributed by atoms with E-state index in [0.29, 0.717) is 19.0 Å². The lowest BCUT2D eigenvalue weighted by atomic mass is 9.95. The molecule has 0 aliphatic rings. The first kappa shape index (κ1) is 14.6. The fraction of sp³-hybridized carbons (Fsp3) is 0.235. The molecule has 2 aromatic carbocycles. The highest BCUT2D eigenvalue weighted by atomic mass is 35.5. The molecule has 0 saturated heterocycles. The van der Waals surface area contributed by atoms with Crippen molar-refractivity contribution in [3.63, 3.8) is 0 Å². The minimum Gasteiger partial charge on any atom is -0.468 e. The van der Waals surface area contributed by atoms with Crippen molar-refractivity contribution in [1.82, 2.24) is 0 Å². The lowest BCUT2D eigenvalue weighted by Crippen LogP contribution is -2.00. The first-order valence-corrected chi connectivity index (χ1v) is 7.00. The molecule has 1 atom stereocenters. The van der Waals surface area contributed by atoms with Crippen LogP contribution in [0.15, 0.2) is 48.5 Å². The molecular weight excluding hydrogens is 272 g/mol. The third-order valence-corrected chi connectivity index (χ3v) is 3.70. The van der Waals surface area contributed by atoms with Gasteiger partial charge in [0, 0.05) is 10.6 Å². The van der Waals surface area contributed by atoms with E-state index in [1.807, 2.05) is 42.5 Å². The van der Waals surface area contributed by atoms with Crippen LogP contribution in [0.3, 0.4) is 0 Å². The summed E-state index contributed by atoms with van der Waals surface area (Å²) in [6.07, 6.45) is 0.791. The molecule has 1 unspecified atom stereocenters. The molecule has 0 amide bonds. The molecule has 3 heteroatoms. The van der Waals surface area contributed by atoms with Gasteiger partial charge < -0.3 is 4.74 Å². The van der Waals surface area contributed by atoms with Gasteiger partial charge in [-0.15, -0.1) is 0 Å². The standard InChI is InChI=1S/C17H17ClO2/c1-13(9-10-20-12-19)15-7-8-16(17(18)11-15)14-5-3-2-4-6-14/h2-8,11-13H,9-10H2,1H3. The van der Waals surface area contributed by atoms with Crippen molar-refractivity contribution in [2.75, 3.05) is 6.61 Å². The Morgan fingerprint density at radius 1 is 1.20 bits per heavy atom. The smallest absolute Gasteiger partial charge is 0.293 e. The number of rotatable bonds is 6. The molecule has 0 aliphatic carbocycles. The molecule has 2 rings (SSSR count). The van der Waals surface area contributed by atoms with Gasteiger partial charge in [0.2, 0.25) is 0 Å². The third-order valence-electron chi connectivity index (χ3n) is 3.38. The number of benzene rings is 2. The van der Waals surface area contributed by atoms with Crippen LogP contribution in [0.1, 0.15) is 24.8 Å². The number of halogens is 1. The van der Waals surface area contributed by atoms with Crippen LogP contribution in [0.2, 0.25) is 5.02 Å². The van der Waals surface area contributed by atoms with Crippen molar-refractivity contribution in [2.24, 2.45) is 0 Å². The highest BCUT2D eigenvalue weighted by Gasteiger charge is 2.09. The summed E-state index contributed by atoms with van der Waals surface area (Å²) in [4.78, 5) is 10.1. The summed E-state index contributed by atoms with van der Waals surface area (Å²) in [5.74, 6) is 0.303. The minimum absolute atomic E-state index is 0.303. The lowest BCUT2D eigenvalue weighted by molar-refractivity contribution is -0.128. The van der Waals surface area contributed by atoms with Crippen LogP contribution >= 0.6 is 11.6 Å². The average molecular weight is 289 g/mol.